The minimum atomic E-state index is 0.324. The zero-order valence-electron chi connectivity index (χ0n) is 10.4. The zero-order valence-corrected chi connectivity index (χ0v) is 10.4. The number of nitrogens with zero attached hydrogens (tertiary/aromatic N) is 1. The van der Waals surface area contributed by atoms with Crippen LogP contribution >= 0.6 is 0 Å². The Morgan fingerprint density at radius 1 is 1.07 bits per heavy atom. The molecule has 2 rings (SSSR count). The van der Waals surface area contributed by atoms with Crippen molar-refractivity contribution in [1.82, 2.24) is 10.2 Å². The SMILES string of the molecule is CC1(C)CN(C2CCCCCC2)CCN1. The first-order chi connectivity index (χ1) is 7.17. The standard InChI is InChI=1S/C13H26N2/c1-13(2)11-15(10-9-14-13)12-7-5-3-4-6-8-12/h12,14H,3-11H2,1-2H3. The molecule has 1 N–H and O–H groups in total. The highest BCUT2D eigenvalue weighted by atomic mass is 15.2. The number of rotatable bonds is 1. The summed E-state index contributed by atoms with van der Waals surface area (Å²) >= 11 is 0. The van der Waals surface area contributed by atoms with Crippen molar-refractivity contribution in [3.05, 3.63) is 0 Å². The third-order valence-corrected chi connectivity index (χ3v) is 3.94. The average Bonchev–Trinajstić information content (AvgIpc) is 2.44. The second kappa shape index (κ2) is 4.84. The summed E-state index contributed by atoms with van der Waals surface area (Å²) in [5, 5.41) is 3.60. The molecule has 0 aromatic carbocycles. The molecule has 1 saturated heterocycles. The maximum absolute atomic E-state index is 3.60. The molecule has 1 heterocycles. The molecule has 0 aromatic heterocycles. The fourth-order valence-electron chi connectivity index (χ4n) is 3.12. The molecule has 0 aromatic rings. The van der Waals surface area contributed by atoms with Gasteiger partial charge in [0, 0.05) is 31.2 Å². The Bertz CT molecular complexity index is 193. The van der Waals surface area contributed by atoms with Crippen LogP contribution < -0.4 is 5.32 Å². The summed E-state index contributed by atoms with van der Waals surface area (Å²) < 4.78 is 0. The Kier molecular flexibility index (Phi) is 3.68. The summed E-state index contributed by atoms with van der Waals surface area (Å²) in [6, 6.07) is 0.883. The van der Waals surface area contributed by atoms with Gasteiger partial charge >= 0.3 is 0 Å². The van der Waals surface area contributed by atoms with Crippen LogP contribution in [0.4, 0.5) is 0 Å². The Morgan fingerprint density at radius 3 is 2.33 bits per heavy atom. The van der Waals surface area contributed by atoms with Gasteiger partial charge in [0.25, 0.3) is 0 Å². The molecule has 0 unspecified atom stereocenters. The monoisotopic (exact) mass is 210 g/mol. The van der Waals surface area contributed by atoms with Gasteiger partial charge in [0.2, 0.25) is 0 Å². The minimum absolute atomic E-state index is 0.324. The smallest absolute Gasteiger partial charge is 0.0252 e. The van der Waals surface area contributed by atoms with E-state index in [4.69, 9.17) is 0 Å². The minimum Gasteiger partial charge on any atom is -0.309 e. The summed E-state index contributed by atoms with van der Waals surface area (Å²) in [5.41, 5.74) is 0.324. The van der Waals surface area contributed by atoms with Crippen molar-refractivity contribution in [2.24, 2.45) is 0 Å². The van der Waals surface area contributed by atoms with E-state index in [1.165, 1.54) is 58.2 Å². The van der Waals surface area contributed by atoms with Crippen LogP contribution in [0.25, 0.3) is 0 Å². The summed E-state index contributed by atoms with van der Waals surface area (Å²) in [4.78, 5) is 2.74. The van der Waals surface area contributed by atoms with Crippen molar-refractivity contribution < 1.29 is 0 Å². The first-order valence-corrected chi connectivity index (χ1v) is 6.66. The normalized spacial score (nSPS) is 30.0. The van der Waals surface area contributed by atoms with Crippen LogP contribution in [0.5, 0.6) is 0 Å². The van der Waals surface area contributed by atoms with Gasteiger partial charge < -0.3 is 5.32 Å². The fourth-order valence-corrected chi connectivity index (χ4v) is 3.12. The zero-order chi connectivity index (χ0) is 10.7. The van der Waals surface area contributed by atoms with Crippen LogP contribution in [0.1, 0.15) is 52.4 Å². The van der Waals surface area contributed by atoms with Crippen molar-refractivity contribution >= 4 is 0 Å². The highest BCUT2D eigenvalue weighted by Crippen LogP contribution is 2.24. The summed E-state index contributed by atoms with van der Waals surface area (Å²) in [5.74, 6) is 0. The molecule has 2 heteroatoms. The van der Waals surface area contributed by atoms with E-state index < -0.39 is 0 Å². The van der Waals surface area contributed by atoms with Crippen molar-refractivity contribution in [2.45, 2.75) is 64.0 Å². The molecule has 15 heavy (non-hydrogen) atoms. The molecule has 2 nitrogen and oxygen atoms in total. The molecule has 2 fully saturated rings. The lowest BCUT2D eigenvalue weighted by Gasteiger charge is -2.43. The summed E-state index contributed by atoms with van der Waals surface area (Å²) in [6.07, 6.45) is 8.72. The van der Waals surface area contributed by atoms with Gasteiger partial charge in [-0.05, 0) is 26.7 Å². The van der Waals surface area contributed by atoms with Gasteiger partial charge in [-0.25, -0.2) is 0 Å². The lowest BCUT2D eigenvalue weighted by molar-refractivity contribution is 0.100. The van der Waals surface area contributed by atoms with Crippen molar-refractivity contribution in [3.8, 4) is 0 Å². The maximum Gasteiger partial charge on any atom is 0.0252 e. The van der Waals surface area contributed by atoms with Crippen LogP contribution in [0.3, 0.4) is 0 Å². The van der Waals surface area contributed by atoms with Gasteiger partial charge in [0.1, 0.15) is 0 Å². The van der Waals surface area contributed by atoms with Gasteiger partial charge in [-0.3, -0.25) is 4.90 Å². The van der Waals surface area contributed by atoms with E-state index >= 15 is 0 Å². The topological polar surface area (TPSA) is 15.3 Å². The van der Waals surface area contributed by atoms with E-state index in [1.807, 2.05) is 0 Å². The molecule has 0 amide bonds. The van der Waals surface area contributed by atoms with Crippen LogP contribution in [0, 0.1) is 0 Å². The predicted molar refractivity (Wildman–Crippen MR) is 65.1 cm³/mol. The lowest BCUT2D eigenvalue weighted by atomic mass is 9.98. The molecule has 0 radical (unpaired) electrons. The second-order valence-electron chi connectivity index (χ2n) is 5.93. The molecular weight excluding hydrogens is 184 g/mol. The van der Waals surface area contributed by atoms with Gasteiger partial charge in [0.05, 0.1) is 0 Å². The molecule has 1 aliphatic carbocycles. The molecule has 88 valence electrons. The molecule has 2 aliphatic rings. The van der Waals surface area contributed by atoms with Crippen LogP contribution in [0.15, 0.2) is 0 Å². The molecule has 0 atom stereocenters. The van der Waals surface area contributed by atoms with E-state index in [0.29, 0.717) is 5.54 Å². The van der Waals surface area contributed by atoms with Crippen LogP contribution in [0.2, 0.25) is 0 Å². The number of hydrogen-bond acceptors (Lipinski definition) is 2. The number of piperazine rings is 1. The first-order valence-electron chi connectivity index (χ1n) is 6.66. The Morgan fingerprint density at radius 2 is 1.73 bits per heavy atom. The van der Waals surface area contributed by atoms with E-state index in [2.05, 4.69) is 24.1 Å². The summed E-state index contributed by atoms with van der Waals surface area (Å²) in [6.45, 7) is 8.32. The van der Waals surface area contributed by atoms with E-state index in [1.54, 1.807) is 0 Å². The number of nitrogens with one attached hydrogen (secondary N) is 1. The Balaban J connectivity index is 1.90. The lowest BCUT2D eigenvalue weighted by Crippen LogP contribution is -2.59. The molecule has 1 aliphatic heterocycles. The molecule has 1 saturated carbocycles. The van der Waals surface area contributed by atoms with E-state index in [9.17, 15) is 0 Å². The average molecular weight is 210 g/mol. The Labute approximate surface area is 94.4 Å². The van der Waals surface area contributed by atoms with Gasteiger partial charge in [0.15, 0.2) is 0 Å². The second-order valence-corrected chi connectivity index (χ2v) is 5.93. The quantitative estimate of drug-likeness (QED) is 0.669. The van der Waals surface area contributed by atoms with E-state index in [0.717, 1.165) is 6.04 Å². The first kappa shape index (κ1) is 11.4. The summed E-state index contributed by atoms with van der Waals surface area (Å²) in [7, 11) is 0. The molecule has 0 bridgehead atoms. The highest BCUT2D eigenvalue weighted by Gasteiger charge is 2.29. The highest BCUT2D eigenvalue weighted by molar-refractivity contribution is 4.89. The molecule has 0 spiro atoms. The number of hydrogen-bond donors (Lipinski definition) is 1. The van der Waals surface area contributed by atoms with E-state index in [-0.39, 0.29) is 0 Å². The van der Waals surface area contributed by atoms with Crippen LogP contribution in [-0.2, 0) is 0 Å². The fraction of sp³-hybridized carbons (Fsp3) is 1.00. The molecular formula is C13H26N2. The third kappa shape index (κ3) is 3.18. The van der Waals surface area contributed by atoms with Gasteiger partial charge in [-0.2, -0.15) is 0 Å². The maximum atomic E-state index is 3.60. The van der Waals surface area contributed by atoms with Gasteiger partial charge in [-0.15, -0.1) is 0 Å². The van der Waals surface area contributed by atoms with Crippen molar-refractivity contribution in [2.75, 3.05) is 19.6 Å². The van der Waals surface area contributed by atoms with Crippen LogP contribution in [-0.4, -0.2) is 36.1 Å². The Hall–Kier alpha value is -0.0800. The largest absolute Gasteiger partial charge is 0.309 e. The van der Waals surface area contributed by atoms with Crippen molar-refractivity contribution in [3.63, 3.8) is 0 Å². The van der Waals surface area contributed by atoms with Crippen molar-refractivity contribution in [1.29, 1.82) is 0 Å². The van der Waals surface area contributed by atoms with Gasteiger partial charge in [-0.1, -0.05) is 25.7 Å². The third-order valence-electron chi connectivity index (χ3n) is 3.94. The predicted octanol–water partition coefficient (Wildman–Crippen LogP) is 2.39.